The Bertz CT molecular complexity index is 309. The Kier molecular flexibility index (Phi) is 7.07. The number of aromatic nitrogens is 1. The Hall–Kier alpha value is -1.35. The fourth-order valence-corrected chi connectivity index (χ4v) is 1.55. The molecule has 0 fully saturated rings. The predicted octanol–water partition coefficient (Wildman–Crippen LogP) is 2.71. The first-order valence-electron chi connectivity index (χ1n) is 6.25. The summed E-state index contributed by atoms with van der Waals surface area (Å²) in [6.45, 7) is 5.10. The lowest BCUT2D eigenvalue weighted by molar-refractivity contribution is 0.304. The molecule has 3 nitrogen and oxygen atoms in total. The SMILES string of the molecule is C=CCCCCCOc1ccc(CCN)nc1. The van der Waals surface area contributed by atoms with E-state index in [9.17, 15) is 0 Å². The first-order valence-corrected chi connectivity index (χ1v) is 6.25. The maximum atomic E-state index is 5.60. The molecular weight excluding hydrogens is 212 g/mol. The van der Waals surface area contributed by atoms with Gasteiger partial charge >= 0.3 is 0 Å². The standard InChI is InChI=1S/C14H22N2O/c1-2-3-4-5-6-11-17-14-8-7-13(9-10-15)16-12-14/h2,7-8,12H,1,3-6,9-11,15H2. The molecule has 0 bridgehead atoms. The van der Waals surface area contributed by atoms with E-state index in [2.05, 4.69) is 11.6 Å². The maximum absolute atomic E-state index is 5.60. The van der Waals surface area contributed by atoms with Crippen LogP contribution < -0.4 is 10.5 Å². The summed E-state index contributed by atoms with van der Waals surface area (Å²) in [6.07, 6.45) is 9.11. The lowest BCUT2D eigenvalue weighted by Crippen LogP contribution is -2.04. The Labute approximate surface area is 104 Å². The maximum Gasteiger partial charge on any atom is 0.137 e. The normalized spacial score (nSPS) is 10.2. The summed E-state index contributed by atoms with van der Waals surface area (Å²) in [5, 5.41) is 0. The van der Waals surface area contributed by atoms with Crippen molar-refractivity contribution in [3.8, 4) is 5.75 Å². The zero-order valence-corrected chi connectivity index (χ0v) is 10.4. The second-order valence-corrected chi connectivity index (χ2v) is 4.01. The molecule has 1 aromatic rings. The molecule has 17 heavy (non-hydrogen) atoms. The van der Waals surface area contributed by atoms with E-state index in [4.69, 9.17) is 10.5 Å². The second-order valence-electron chi connectivity index (χ2n) is 4.01. The van der Waals surface area contributed by atoms with Crippen LogP contribution in [0.4, 0.5) is 0 Å². The molecule has 0 amide bonds. The third-order valence-electron chi connectivity index (χ3n) is 2.52. The molecule has 0 saturated heterocycles. The highest BCUT2D eigenvalue weighted by atomic mass is 16.5. The number of nitrogens with zero attached hydrogens (tertiary/aromatic N) is 1. The summed E-state index contributed by atoms with van der Waals surface area (Å²) in [7, 11) is 0. The average molecular weight is 234 g/mol. The Morgan fingerprint density at radius 3 is 2.82 bits per heavy atom. The van der Waals surface area contributed by atoms with Gasteiger partial charge in [0, 0.05) is 12.1 Å². The molecule has 1 aromatic heterocycles. The van der Waals surface area contributed by atoms with Crippen LogP contribution in [0.5, 0.6) is 5.75 Å². The van der Waals surface area contributed by atoms with E-state index in [1.165, 1.54) is 12.8 Å². The van der Waals surface area contributed by atoms with E-state index < -0.39 is 0 Å². The topological polar surface area (TPSA) is 48.1 Å². The number of allylic oxidation sites excluding steroid dienone is 1. The summed E-state index contributed by atoms with van der Waals surface area (Å²) in [6, 6.07) is 3.93. The van der Waals surface area contributed by atoms with Crippen molar-refractivity contribution in [3.05, 3.63) is 36.7 Å². The van der Waals surface area contributed by atoms with Crippen LogP contribution in [0.25, 0.3) is 0 Å². The van der Waals surface area contributed by atoms with Gasteiger partial charge in [-0.3, -0.25) is 4.98 Å². The lowest BCUT2D eigenvalue weighted by atomic mass is 10.2. The molecule has 0 aliphatic carbocycles. The zero-order chi connectivity index (χ0) is 12.3. The molecular formula is C14H22N2O. The molecule has 0 saturated carbocycles. The molecule has 0 atom stereocenters. The largest absolute Gasteiger partial charge is 0.492 e. The van der Waals surface area contributed by atoms with Crippen molar-refractivity contribution in [3.63, 3.8) is 0 Å². The minimum absolute atomic E-state index is 0.635. The van der Waals surface area contributed by atoms with Gasteiger partial charge < -0.3 is 10.5 Å². The monoisotopic (exact) mass is 234 g/mol. The average Bonchev–Trinajstić information content (AvgIpc) is 2.36. The molecule has 3 heteroatoms. The number of unbranched alkanes of at least 4 members (excludes halogenated alkanes) is 3. The van der Waals surface area contributed by atoms with Crippen molar-refractivity contribution in [1.82, 2.24) is 4.98 Å². The number of hydrogen-bond acceptors (Lipinski definition) is 3. The zero-order valence-electron chi connectivity index (χ0n) is 10.4. The van der Waals surface area contributed by atoms with Crippen molar-refractivity contribution in [2.45, 2.75) is 32.1 Å². The van der Waals surface area contributed by atoms with Crippen molar-refractivity contribution >= 4 is 0 Å². The van der Waals surface area contributed by atoms with Gasteiger partial charge in [0.2, 0.25) is 0 Å². The van der Waals surface area contributed by atoms with Crippen LogP contribution in [0.2, 0.25) is 0 Å². The highest BCUT2D eigenvalue weighted by molar-refractivity contribution is 5.19. The van der Waals surface area contributed by atoms with E-state index in [1.54, 1.807) is 6.20 Å². The number of rotatable bonds is 9. The molecule has 0 aliphatic heterocycles. The summed E-state index contributed by atoms with van der Waals surface area (Å²) >= 11 is 0. The third kappa shape index (κ3) is 6.07. The molecule has 1 heterocycles. The van der Waals surface area contributed by atoms with Gasteiger partial charge in [-0.15, -0.1) is 6.58 Å². The van der Waals surface area contributed by atoms with Gasteiger partial charge in [0.05, 0.1) is 12.8 Å². The van der Waals surface area contributed by atoms with E-state index >= 15 is 0 Å². The van der Waals surface area contributed by atoms with E-state index in [-0.39, 0.29) is 0 Å². The van der Waals surface area contributed by atoms with Gasteiger partial charge in [0.1, 0.15) is 5.75 Å². The first kappa shape index (κ1) is 13.7. The summed E-state index contributed by atoms with van der Waals surface area (Å²) in [5.74, 6) is 0.842. The van der Waals surface area contributed by atoms with Crippen LogP contribution in [0.15, 0.2) is 31.0 Å². The van der Waals surface area contributed by atoms with Crippen LogP contribution in [0.1, 0.15) is 31.4 Å². The van der Waals surface area contributed by atoms with E-state index in [0.29, 0.717) is 6.54 Å². The highest BCUT2D eigenvalue weighted by Gasteiger charge is 1.96. The fourth-order valence-electron chi connectivity index (χ4n) is 1.55. The summed E-state index contributed by atoms with van der Waals surface area (Å²) in [5.41, 5.74) is 6.48. The third-order valence-corrected chi connectivity index (χ3v) is 2.52. The number of nitrogens with two attached hydrogens (primary N) is 1. The summed E-state index contributed by atoms with van der Waals surface area (Å²) in [4.78, 5) is 4.28. The molecule has 0 aromatic carbocycles. The van der Waals surface area contributed by atoms with Crippen molar-refractivity contribution in [2.24, 2.45) is 5.73 Å². The van der Waals surface area contributed by atoms with Crippen molar-refractivity contribution in [2.75, 3.05) is 13.2 Å². The van der Waals surface area contributed by atoms with Crippen LogP contribution in [-0.4, -0.2) is 18.1 Å². The van der Waals surface area contributed by atoms with Gasteiger partial charge in [0.25, 0.3) is 0 Å². The second kappa shape index (κ2) is 8.76. The van der Waals surface area contributed by atoms with Crippen LogP contribution >= 0.6 is 0 Å². The molecule has 94 valence electrons. The van der Waals surface area contributed by atoms with Crippen LogP contribution in [0.3, 0.4) is 0 Å². The van der Waals surface area contributed by atoms with E-state index in [0.717, 1.165) is 37.3 Å². The first-order chi connectivity index (χ1) is 8.36. The Balaban J connectivity index is 2.16. The molecule has 0 spiro atoms. The Morgan fingerprint density at radius 2 is 2.18 bits per heavy atom. The summed E-state index contributed by atoms with van der Waals surface area (Å²) < 4.78 is 5.60. The molecule has 1 rings (SSSR count). The fraction of sp³-hybridized carbons (Fsp3) is 0.500. The Morgan fingerprint density at radius 1 is 1.29 bits per heavy atom. The highest BCUT2D eigenvalue weighted by Crippen LogP contribution is 2.10. The molecule has 0 unspecified atom stereocenters. The van der Waals surface area contributed by atoms with Crippen molar-refractivity contribution < 1.29 is 4.74 Å². The van der Waals surface area contributed by atoms with Gasteiger partial charge in [-0.25, -0.2) is 0 Å². The van der Waals surface area contributed by atoms with Gasteiger partial charge in [0.15, 0.2) is 0 Å². The van der Waals surface area contributed by atoms with Gasteiger partial charge in [-0.2, -0.15) is 0 Å². The number of pyridine rings is 1. The van der Waals surface area contributed by atoms with Gasteiger partial charge in [-0.05, 0) is 44.4 Å². The smallest absolute Gasteiger partial charge is 0.137 e. The minimum Gasteiger partial charge on any atom is -0.492 e. The molecule has 2 N–H and O–H groups in total. The number of hydrogen-bond donors (Lipinski definition) is 1. The van der Waals surface area contributed by atoms with Crippen LogP contribution in [-0.2, 0) is 6.42 Å². The van der Waals surface area contributed by atoms with Crippen LogP contribution in [0, 0.1) is 0 Å². The predicted molar refractivity (Wildman–Crippen MR) is 71.2 cm³/mol. The minimum atomic E-state index is 0.635. The van der Waals surface area contributed by atoms with Crippen molar-refractivity contribution in [1.29, 1.82) is 0 Å². The number of ether oxygens (including phenoxy) is 1. The lowest BCUT2D eigenvalue weighted by Gasteiger charge is -2.06. The van der Waals surface area contributed by atoms with E-state index in [1.807, 2.05) is 18.2 Å². The quantitative estimate of drug-likeness (QED) is 0.528. The molecule has 0 radical (unpaired) electrons. The molecule has 0 aliphatic rings. The van der Waals surface area contributed by atoms with Gasteiger partial charge in [-0.1, -0.05) is 6.08 Å².